The Hall–Kier alpha value is -1.26. The molecule has 0 bridgehead atoms. The smallest absolute Gasteiger partial charge is 0.320 e. The number of halogens is 1. The van der Waals surface area contributed by atoms with Gasteiger partial charge in [0.25, 0.3) is 0 Å². The van der Waals surface area contributed by atoms with Crippen LogP contribution < -0.4 is 10.5 Å². The highest BCUT2D eigenvalue weighted by Gasteiger charge is 2.16. The van der Waals surface area contributed by atoms with E-state index < -0.39 is 12.0 Å². The van der Waals surface area contributed by atoms with Gasteiger partial charge in [0.1, 0.15) is 11.8 Å². The molecule has 0 spiro atoms. The summed E-state index contributed by atoms with van der Waals surface area (Å²) >= 11 is 6.06. The highest BCUT2D eigenvalue weighted by Crippen LogP contribution is 2.30. The summed E-state index contributed by atoms with van der Waals surface area (Å²) in [4.78, 5) is 10.7. The quantitative estimate of drug-likeness (QED) is 0.843. The second-order valence-electron chi connectivity index (χ2n) is 3.59. The summed E-state index contributed by atoms with van der Waals surface area (Å²) in [6, 6.07) is 2.65. The Labute approximate surface area is 99.0 Å². The number of rotatable bonds is 4. The van der Waals surface area contributed by atoms with Crippen LogP contribution in [0.5, 0.6) is 5.75 Å². The van der Waals surface area contributed by atoms with Gasteiger partial charge in [0.2, 0.25) is 0 Å². The lowest BCUT2D eigenvalue weighted by atomic mass is 10.0. The van der Waals surface area contributed by atoms with Crippen LogP contribution in [-0.4, -0.2) is 24.2 Å². The van der Waals surface area contributed by atoms with Gasteiger partial charge in [0, 0.05) is 0 Å². The van der Waals surface area contributed by atoms with Crippen molar-refractivity contribution < 1.29 is 14.6 Å². The van der Waals surface area contributed by atoms with E-state index in [1.54, 1.807) is 6.07 Å². The summed E-state index contributed by atoms with van der Waals surface area (Å²) in [7, 11) is 1.52. The number of hydrogen-bond donors (Lipinski definition) is 2. The van der Waals surface area contributed by atoms with E-state index in [0.717, 1.165) is 5.56 Å². The molecule has 0 heterocycles. The molecular formula is C11H14ClNO3. The average Bonchev–Trinajstić information content (AvgIpc) is 2.22. The minimum Gasteiger partial charge on any atom is -0.495 e. The molecule has 0 saturated heterocycles. The van der Waals surface area contributed by atoms with Gasteiger partial charge in [-0.15, -0.1) is 0 Å². The van der Waals surface area contributed by atoms with Crippen LogP contribution in [0.15, 0.2) is 12.1 Å². The van der Waals surface area contributed by atoms with Gasteiger partial charge in [-0.3, -0.25) is 4.79 Å². The van der Waals surface area contributed by atoms with E-state index >= 15 is 0 Å². The Bertz CT molecular complexity index is 406. The summed E-state index contributed by atoms with van der Waals surface area (Å²) in [5, 5.41) is 9.15. The summed E-state index contributed by atoms with van der Waals surface area (Å²) < 4.78 is 5.09. The van der Waals surface area contributed by atoms with E-state index in [4.69, 9.17) is 27.2 Å². The molecule has 5 heteroatoms. The molecule has 0 aromatic heterocycles. The van der Waals surface area contributed by atoms with Gasteiger partial charge >= 0.3 is 5.97 Å². The molecule has 1 aromatic rings. The van der Waals surface area contributed by atoms with Gasteiger partial charge in [-0.05, 0) is 30.5 Å². The predicted molar refractivity (Wildman–Crippen MR) is 62.1 cm³/mol. The Morgan fingerprint density at radius 2 is 2.25 bits per heavy atom. The zero-order chi connectivity index (χ0) is 12.3. The maximum Gasteiger partial charge on any atom is 0.320 e. The molecule has 16 heavy (non-hydrogen) atoms. The first-order valence-corrected chi connectivity index (χ1v) is 5.15. The highest BCUT2D eigenvalue weighted by molar-refractivity contribution is 6.32. The average molecular weight is 244 g/mol. The number of hydrogen-bond acceptors (Lipinski definition) is 3. The van der Waals surface area contributed by atoms with E-state index in [1.807, 2.05) is 13.0 Å². The summed E-state index contributed by atoms with van der Waals surface area (Å²) in [6.07, 6.45) is 0.187. The van der Waals surface area contributed by atoms with E-state index in [2.05, 4.69) is 0 Å². The molecule has 0 fully saturated rings. The molecular weight excluding hydrogens is 230 g/mol. The van der Waals surface area contributed by atoms with Crippen molar-refractivity contribution in [1.82, 2.24) is 0 Å². The molecule has 0 radical (unpaired) electrons. The van der Waals surface area contributed by atoms with Crippen LogP contribution in [0, 0.1) is 6.92 Å². The van der Waals surface area contributed by atoms with Gasteiger partial charge in [0.15, 0.2) is 0 Å². The first-order chi connectivity index (χ1) is 7.45. The van der Waals surface area contributed by atoms with Crippen molar-refractivity contribution in [3.63, 3.8) is 0 Å². The van der Waals surface area contributed by atoms with Crippen molar-refractivity contribution in [1.29, 1.82) is 0 Å². The number of aryl methyl sites for hydroxylation is 1. The Kier molecular flexibility index (Phi) is 4.15. The topological polar surface area (TPSA) is 72.5 Å². The van der Waals surface area contributed by atoms with E-state index in [9.17, 15) is 4.79 Å². The van der Waals surface area contributed by atoms with Crippen LogP contribution >= 0.6 is 11.6 Å². The van der Waals surface area contributed by atoms with E-state index in [-0.39, 0.29) is 6.42 Å². The zero-order valence-corrected chi connectivity index (χ0v) is 9.91. The molecule has 0 amide bonds. The predicted octanol–water partition coefficient (Wildman–Crippen LogP) is 1.61. The molecule has 88 valence electrons. The summed E-state index contributed by atoms with van der Waals surface area (Å²) in [5.74, 6) is -0.509. The van der Waals surface area contributed by atoms with Crippen LogP contribution in [0.2, 0.25) is 5.02 Å². The molecule has 0 aliphatic carbocycles. The molecule has 4 nitrogen and oxygen atoms in total. The fourth-order valence-corrected chi connectivity index (χ4v) is 1.69. The van der Waals surface area contributed by atoms with Crippen molar-refractivity contribution >= 4 is 17.6 Å². The van der Waals surface area contributed by atoms with Gasteiger partial charge in [-0.2, -0.15) is 0 Å². The molecule has 1 aromatic carbocycles. The lowest BCUT2D eigenvalue weighted by Gasteiger charge is -2.12. The molecule has 1 unspecified atom stereocenters. The van der Waals surface area contributed by atoms with Crippen molar-refractivity contribution in [2.24, 2.45) is 5.73 Å². The Balaban J connectivity index is 3.04. The number of carbonyl (C=O) groups is 1. The number of nitrogens with two attached hydrogens (primary N) is 1. The van der Waals surface area contributed by atoms with Crippen molar-refractivity contribution in [3.8, 4) is 5.75 Å². The zero-order valence-electron chi connectivity index (χ0n) is 9.16. The number of benzene rings is 1. The third-order valence-corrected chi connectivity index (χ3v) is 2.66. The van der Waals surface area contributed by atoms with Crippen LogP contribution in [-0.2, 0) is 11.2 Å². The van der Waals surface area contributed by atoms with Gasteiger partial charge in [0.05, 0.1) is 12.1 Å². The number of carboxylic acid groups (broad SMARTS) is 1. The summed E-state index contributed by atoms with van der Waals surface area (Å²) in [6.45, 7) is 1.88. The number of ether oxygens (including phenoxy) is 1. The van der Waals surface area contributed by atoms with Crippen LogP contribution in [0.25, 0.3) is 0 Å². The van der Waals surface area contributed by atoms with E-state index in [0.29, 0.717) is 16.3 Å². The standard InChI is InChI=1S/C11H14ClNO3/c1-6-3-7(5-8(13)11(14)15)10(12)9(4-6)16-2/h3-4,8H,5,13H2,1-2H3,(H,14,15). The molecule has 3 N–H and O–H groups in total. The number of aliphatic carboxylic acids is 1. The van der Waals surface area contributed by atoms with Crippen molar-refractivity contribution in [3.05, 3.63) is 28.3 Å². The first kappa shape index (κ1) is 12.8. The monoisotopic (exact) mass is 243 g/mol. The molecule has 0 aliphatic rings. The SMILES string of the molecule is COc1cc(C)cc(CC(N)C(=O)O)c1Cl. The van der Waals surface area contributed by atoms with Crippen LogP contribution in [0.1, 0.15) is 11.1 Å². The molecule has 0 saturated carbocycles. The second-order valence-corrected chi connectivity index (χ2v) is 3.97. The van der Waals surface area contributed by atoms with Crippen LogP contribution in [0.3, 0.4) is 0 Å². The Morgan fingerprint density at radius 1 is 1.62 bits per heavy atom. The maximum absolute atomic E-state index is 10.7. The van der Waals surface area contributed by atoms with Gasteiger partial charge in [-0.25, -0.2) is 0 Å². The van der Waals surface area contributed by atoms with Crippen molar-refractivity contribution in [2.45, 2.75) is 19.4 Å². The second kappa shape index (κ2) is 5.18. The molecule has 0 aliphatic heterocycles. The molecule has 1 rings (SSSR count). The number of carboxylic acids is 1. The lowest BCUT2D eigenvalue weighted by Crippen LogP contribution is -2.32. The van der Waals surface area contributed by atoms with E-state index in [1.165, 1.54) is 7.11 Å². The minimum atomic E-state index is -1.04. The first-order valence-electron chi connectivity index (χ1n) is 4.77. The third-order valence-electron chi connectivity index (χ3n) is 2.24. The molecule has 1 atom stereocenters. The number of methoxy groups -OCH3 is 1. The third kappa shape index (κ3) is 2.87. The van der Waals surface area contributed by atoms with Gasteiger partial charge < -0.3 is 15.6 Å². The van der Waals surface area contributed by atoms with Crippen LogP contribution in [0.4, 0.5) is 0 Å². The summed E-state index contributed by atoms with van der Waals surface area (Å²) in [5.41, 5.74) is 7.10. The fourth-order valence-electron chi connectivity index (χ4n) is 1.43. The largest absolute Gasteiger partial charge is 0.495 e. The normalized spacial score (nSPS) is 12.2. The Morgan fingerprint density at radius 3 is 2.75 bits per heavy atom. The van der Waals surface area contributed by atoms with Gasteiger partial charge in [-0.1, -0.05) is 17.7 Å². The lowest BCUT2D eigenvalue weighted by molar-refractivity contribution is -0.138. The van der Waals surface area contributed by atoms with Crippen molar-refractivity contribution in [2.75, 3.05) is 7.11 Å². The fraction of sp³-hybridized carbons (Fsp3) is 0.364. The maximum atomic E-state index is 10.7. The highest BCUT2D eigenvalue weighted by atomic mass is 35.5. The minimum absolute atomic E-state index is 0.187.